The van der Waals surface area contributed by atoms with Crippen LogP contribution < -0.4 is 10.6 Å². The van der Waals surface area contributed by atoms with E-state index in [4.69, 9.17) is 0 Å². The van der Waals surface area contributed by atoms with Gasteiger partial charge in [0.1, 0.15) is 0 Å². The number of amides is 2. The summed E-state index contributed by atoms with van der Waals surface area (Å²) in [7, 11) is 0. The predicted octanol–water partition coefficient (Wildman–Crippen LogP) is 3.53. The van der Waals surface area contributed by atoms with Crippen molar-refractivity contribution in [1.29, 1.82) is 0 Å². The van der Waals surface area contributed by atoms with E-state index in [1.54, 1.807) is 34.8 Å². The molecule has 0 saturated carbocycles. The van der Waals surface area contributed by atoms with Gasteiger partial charge in [0.05, 0.1) is 28.7 Å². The minimum Gasteiger partial charge on any atom is -0.350 e. The maximum Gasteiger partial charge on any atom is 0.251 e. The fourth-order valence-corrected chi connectivity index (χ4v) is 3.90. The molecule has 2 amide bonds. The van der Waals surface area contributed by atoms with Crippen molar-refractivity contribution >= 4 is 34.5 Å². The van der Waals surface area contributed by atoms with E-state index in [1.807, 2.05) is 43.5 Å². The van der Waals surface area contributed by atoms with Crippen molar-refractivity contribution in [1.82, 2.24) is 15.6 Å². The lowest BCUT2D eigenvalue weighted by Crippen LogP contribution is -2.36. The maximum absolute atomic E-state index is 12.0. The van der Waals surface area contributed by atoms with Gasteiger partial charge in [-0.15, -0.1) is 22.7 Å². The topological polar surface area (TPSA) is 71.1 Å². The molecule has 0 saturated heterocycles. The molecule has 1 aromatic carbocycles. The number of hydrogen-bond acceptors (Lipinski definition) is 5. The summed E-state index contributed by atoms with van der Waals surface area (Å²) >= 11 is 3.23. The van der Waals surface area contributed by atoms with E-state index in [-0.39, 0.29) is 18.4 Å². The third-order valence-corrected chi connectivity index (χ3v) is 5.60. The number of carbonyl (C=O) groups excluding carboxylic acids is 2. The molecule has 0 radical (unpaired) electrons. The molecule has 26 heavy (non-hydrogen) atoms. The monoisotopic (exact) mass is 385 g/mol. The van der Waals surface area contributed by atoms with E-state index in [1.165, 1.54) is 0 Å². The Labute approximate surface area is 160 Å². The largest absolute Gasteiger partial charge is 0.350 e. The zero-order valence-corrected chi connectivity index (χ0v) is 16.2. The van der Waals surface area contributed by atoms with Crippen LogP contribution in [-0.2, 0) is 11.3 Å². The molecule has 0 atom stereocenters. The minimum atomic E-state index is -0.252. The minimum absolute atomic E-state index is 0.0454. The molecule has 2 N–H and O–H groups in total. The number of hydrogen-bond donors (Lipinski definition) is 2. The number of aromatic nitrogens is 1. The second-order valence-corrected chi connectivity index (χ2v) is 8.07. The third-order valence-electron chi connectivity index (χ3n) is 3.72. The van der Waals surface area contributed by atoms with Crippen molar-refractivity contribution in [3.63, 3.8) is 0 Å². The Hall–Kier alpha value is -2.51. The second-order valence-electron chi connectivity index (χ2n) is 5.84. The number of benzene rings is 1. The molecular weight excluding hydrogens is 366 g/mol. The van der Waals surface area contributed by atoms with Gasteiger partial charge in [0.2, 0.25) is 5.91 Å². The standard InChI is InChI=1S/C19H19N3O2S2/c1-12-3-5-14(6-4-12)19(24)21-10-18(23)20-9-15-7-8-17(26-15)16-11-25-13(2)22-16/h3-8,11H,9-10H2,1-2H3,(H,20,23)(H,21,24). The first-order chi connectivity index (χ1) is 12.5. The van der Waals surface area contributed by atoms with Crippen molar-refractivity contribution < 1.29 is 9.59 Å². The van der Waals surface area contributed by atoms with Crippen LogP contribution in [0, 0.1) is 13.8 Å². The summed E-state index contributed by atoms with van der Waals surface area (Å²) in [4.78, 5) is 30.6. The average Bonchev–Trinajstić information content (AvgIpc) is 3.27. The molecule has 3 rings (SSSR count). The molecule has 0 fully saturated rings. The van der Waals surface area contributed by atoms with E-state index >= 15 is 0 Å². The smallest absolute Gasteiger partial charge is 0.251 e. The number of rotatable bonds is 6. The first kappa shape index (κ1) is 18.3. The van der Waals surface area contributed by atoms with E-state index < -0.39 is 0 Å². The van der Waals surface area contributed by atoms with Gasteiger partial charge in [-0.2, -0.15) is 0 Å². The highest BCUT2D eigenvalue weighted by atomic mass is 32.1. The summed E-state index contributed by atoms with van der Waals surface area (Å²) < 4.78 is 0. The Bertz CT molecular complexity index is 913. The van der Waals surface area contributed by atoms with Crippen LogP contribution in [0.25, 0.3) is 10.6 Å². The molecule has 0 aliphatic rings. The molecular formula is C19H19N3O2S2. The number of thiophene rings is 1. The van der Waals surface area contributed by atoms with Crippen LogP contribution in [-0.4, -0.2) is 23.3 Å². The van der Waals surface area contributed by atoms with Gasteiger partial charge in [-0.05, 0) is 38.1 Å². The van der Waals surface area contributed by atoms with Crippen LogP contribution in [0.4, 0.5) is 0 Å². The maximum atomic E-state index is 12.0. The van der Waals surface area contributed by atoms with Gasteiger partial charge in [-0.25, -0.2) is 4.98 Å². The zero-order chi connectivity index (χ0) is 18.5. The molecule has 2 heterocycles. The molecule has 0 bridgehead atoms. The highest BCUT2D eigenvalue weighted by Gasteiger charge is 2.09. The van der Waals surface area contributed by atoms with Gasteiger partial charge >= 0.3 is 0 Å². The Morgan fingerprint density at radius 1 is 1.04 bits per heavy atom. The lowest BCUT2D eigenvalue weighted by molar-refractivity contribution is -0.120. The lowest BCUT2D eigenvalue weighted by atomic mass is 10.1. The normalized spacial score (nSPS) is 10.5. The van der Waals surface area contributed by atoms with Crippen molar-refractivity contribution in [2.24, 2.45) is 0 Å². The highest BCUT2D eigenvalue weighted by molar-refractivity contribution is 7.16. The molecule has 7 heteroatoms. The van der Waals surface area contributed by atoms with E-state index in [2.05, 4.69) is 15.6 Å². The van der Waals surface area contributed by atoms with E-state index in [0.717, 1.165) is 26.0 Å². The van der Waals surface area contributed by atoms with Crippen molar-refractivity contribution in [3.05, 3.63) is 62.8 Å². The number of thiazole rings is 1. The van der Waals surface area contributed by atoms with Gasteiger partial charge < -0.3 is 10.6 Å². The number of aryl methyl sites for hydroxylation is 2. The number of carbonyl (C=O) groups is 2. The van der Waals surface area contributed by atoms with E-state index in [0.29, 0.717) is 12.1 Å². The Morgan fingerprint density at radius 2 is 1.81 bits per heavy atom. The fraction of sp³-hybridized carbons (Fsp3) is 0.211. The van der Waals surface area contributed by atoms with Gasteiger partial charge in [0, 0.05) is 15.8 Å². The van der Waals surface area contributed by atoms with E-state index in [9.17, 15) is 9.59 Å². The lowest BCUT2D eigenvalue weighted by Gasteiger charge is -2.06. The average molecular weight is 386 g/mol. The quantitative estimate of drug-likeness (QED) is 0.682. The molecule has 0 spiro atoms. The molecule has 2 aromatic heterocycles. The summed E-state index contributed by atoms with van der Waals surface area (Å²) in [5.41, 5.74) is 2.60. The number of nitrogens with zero attached hydrogens (tertiary/aromatic N) is 1. The molecule has 0 aliphatic carbocycles. The van der Waals surface area contributed by atoms with Gasteiger partial charge in [-0.3, -0.25) is 9.59 Å². The van der Waals surface area contributed by atoms with Crippen molar-refractivity contribution in [2.75, 3.05) is 6.54 Å². The van der Waals surface area contributed by atoms with Crippen LogP contribution in [0.5, 0.6) is 0 Å². The van der Waals surface area contributed by atoms with Crippen molar-refractivity contribution in [2.45, 2.75) is 20.4 Å². The summed E-state index contributed by atoms with van der Waals surface area (Å²) in [6.45, 7) is 4.33. The van der Waals surface area contributed by atoms with Gasteiger partial charge in [-0.1, -0.05) is 17.7 Å². The Morgan fingerprint density at radius 3 is 2.50 bits per heavy atom. The predicted molar refractivity (Wildman–Crippen MR) is 106 cm³/mol. The highest BCUT2D eigenvalue weighted by Crippen LogP contribution is 2.28. The van der Waals surface area contributed by atoms with Crippen LogP contribution in [0.2, 0.25) is 0 Å². The summed E-state index contributed by atoms with van der Waals surface area (Å²) in [5.74, 6) is -0.470. The van der Waals surface area contributed by atoms with Crippen LogP contribution in [0.15, 0.2) is 41.8 Å². The Balaban J connectivity index is 1.46. The molecule has 134 valence electrons. The van der Waals surface area contributed by atoms with Crippen LogP contribution in [0.1, 0.15) is 25.8 Å². The summed E-state index contributed by atoms with van der Waals surface area (Å²) in [5, 5.41) is 8.52. The second kappa shape index (κ2) is 8.25. The molecule has 0 unspecified atom stereocenters. The number of nitrogens with one attached hydrogen (secondary N) is 2. The SMILES string of the molecule is Cc1ccc(C(=O)NCC(=O)NCc2ccc(-c3csc(C)n3)s2)cc1. The van der Waals surface area contributed by atoms with Gasteiger partial charge in [0.15, 0.2) is 0 Å². The summed E-state index contributed by atoms with van der Waals surface area (Å²) in [6.07, 6.45) is 0. The first-order valence-corrected chi connectivity index (χ1v) is 9.83. The van der Waals surface area contributed by atoms with Crippen LogP contribution >= 0.6 is 22.7 Å². The third kappa shape index (κ3) is 4.77. The summed E-state index contributed by atoms with van der Waals surface area (Å²) in [6, 6.07) is 11.2. The molecule has 5 nitrogen and oxygen atoms in total. The van der Waals surface area contributed by atoms with Crippen molar-refractivity contribution in [3.8, 4) is 10.6 Å². The van der Waals surface area contributed by atoms with Crippen LogP contribution in [0.3, 0.4) is 0 Å². The molecule has 3 aromatic rings. The Kier molecular flexibility index (Phi) is 5.80. The fourth-order valence-electron chi connectivity index (χ4n) is 2.30. The molecule has 0 aliphatic heterocycles. The van der Waals surface area contributed by atoms with Gasteiger partial charge in [0.25, 0.3) is 5.91 Å². The first-order valence-electron chi connectivity index (χ1n) is 8.14. The zero-order valence-electron chi connectivity index (χ0n) is 14.5.